The van der Waals surface area contributed by atoms with Crippen LogP contribution in [0.1, 0.15) is 30.2 Å². The van der Waals surface area contributed by atoms with Crippen LogP contribution in [0.3, 0.4) is 0 Å². The molecule has 2 fully saturated rings. The minimum atomic E-state index is -1.28. The number of amides is 1. The molecule has 2 N–H and O–H groups in total. The number of carbonyl (C=O) groups excluding carboxylic acids is 1. The van der Waals surface area contributed by atoms with Crippen molar-refractivity contribution in [2.24, 2.45) is 0 Å². The number of aromatic nitrogens is 4. The molecule has 0 radical (unpaired) electrons. The minimum Gasteiger partial charge on any atom is -0.476 e. The molecule has 20 nitrogen and oxygen atoms in total. The van der Waals surface area contributed by atoms with E-state index in [4.69, 9.17) is 28.4 Å². The van der Waals surface area contributed by atoms with Crippen molar-refractivity contribution >= 4 is 34.6 Å². The Balaban J connectivity index is 1.27. The van der Waals surface area contributed by atoms with Gasteiger partial charge in [0.2, 0.25) is 11.8 Å². The largest absolute Gasteiger partial charge is 0.476 e. The molecule has 2 aliphatic heterocycles. The van der Waals surface area contributed by atoms with E-state index >= 15 is 0 Å². The monoisotopic (exact) mass is 753 g/mol. The molecule has 20 heteroatoms. The van der Waals surface area contributed by atoms with Crippen molar-refractivity contribution in [3.63, 3.8) is 0 Å². The van der Waals surface area contributed by atoms with Crippen LogP contribution >= 0.6 is 0 Å². The van der Waals surface area contributed by atoms with Crippen molar-refractivity contribution < 1.29 is 53.3 Å². The normalized spacial score (nSPS) is 20.8. The highest BCUT2D eigenvalue weighted by Crippen LogP contribution is 2.39. The van der Waals surface area contributed by atoms with Gasteiger partial charge in [-0.2, -0.15) is 9.97 Å². The van der Waals surface area contributed by atoms with E-state index in [-0.39, 0.29) is 54.0 Å². The first-order valence-corrected chi connectivity index (χ1v) is 17.0. The molecule has 54 heavy (non-hydrogen) atoms. The Morgan fingerprint density at radius 1 is 1.00 bits per heavy atom. The third kappa shape index (κ3) is 8.38. The van der Waals surface area contributed by atoms with E-state index in [9.17, 15) is 35.2 Å². The number of nitro benzene ring substituents is 2. The second-order valence-electron chi connectivity index (χ2n) is 12.6. The molecule has 2 aromatic carbocycles. The van der Waals surface area contributed by atoms with Crippen LogP contribution in [0.25, 0.3) is 11.2 Å². The first kappa shape index (κ1) is 38.3. The first-order chi connectivity index (χ1) is 26.0. The Morgan fingerprint density at radius 3 is 2.19 bits per heavy atom. The second-order valence-corrected chi connectivity index (χ2v) is 12.6. The smallest absolute Gasteiger partial charge is 0.416 e. The van der Waals surface area contributed by atoms with Crippen LogP contribution in [-0.2, 0) is 36.5 Å². The van der Waals surface area contributed by atoms with Crippen LogP contribution in [0, 0.1) is 20.2 Å². The van der Waals surface area contributed by atoms with E-state index in [1.165, 1.54) is 49.3 Å². The molecule has 0 spiro atoms. The first-order valence-electron chi connectivity index (χ1n) is 17.0. The van der Waals surface area contributed by atoms with Crippen molar-refractivity contribution in [1.82, 2.24) is 19.5 Å². The van der Waals surface area contributed by atoms with Gasteiger partial charge in [-0.25, -0.2) is 14.7 Å². The predicted molar refractivity (Wildman–Crippen MR) is 186 cm³/mol. The number of non-ortho nitro benzene ring substituents is 2. The molecule has 0 aliphatic carbocycles. The summed E-state index contributed by atoms with van der Waals surface area (Å²) in [5, 5.41) is 43.4. The number of anilines is 1. The number of aliphatic hydroxyl groups is 2. The number of nitrogens with zero attached hydrogens (tertiary/aromatic N) is 7. The zero-order chi connectivity index (χ0) is 38.4. The number of imidazole rings is 1. The zero-order valence-electron chi connectivity index (χ0n) is 29.4. The summed E-state index contributed by atoms with van der Waals surface area (Å²) < 4.78 is 36.8. The van der Waals surface area contributed by atoms with Gasteiger partial charge in [-0.15, -0.1) is 0 Å². The molecule has 2 aromatic heterocycles. The number of hydrogen-bond acceptors (Lipinski definition) is 16. The van der Waals surface area contributed by atoms with Crippen LogP contribution < -0.4 is 9.64 Å². The lowest BCUT2D eigenvalue weighted by Gasteiger charge is -2.39. The van der Waals surface area contributed by atoms with E-state index in [2.05, 4.69) is 15.0 Å². The summed E-state index contributed by atoms with van der Waals surface area (Å²) in [6, 6.07) is 11.9. The maximum absolute atomic E-state index is 13.2. The number of rotatable bonds is 15. The molecule has 4 heterocycles. The number of benzene rings is 2. The molecule has 0 unspecified atom stereocenters. The highest BCUT2D eigenvalue weighted by molar-refractivity contribution is 5.87. The molecule has 288 valence electrons. The number of hydrogen-bond donors (Lipinski definition) is 2. The van der Waals surface area contributed by atoms with E-state index in [0.29, 0.717) is 38.0 Å². The fourth-order valence-corrected chi connectivity index (χ4v) is 6.11. The summed E-state index contributed by atoms with van der Waals surface area (Å²) >= 11 is 0. The van der Waals surface area contributed by atoms with Crippen molar-refractivity contribution in [2.45, 2.75) is 56.0 Å². The molecule has 1 amide bonds. The van der Waals surface area contributed by atoms with Gasteiger partial charge < -0.3 is 38.6 Å². The molecular weight excluding hydrogens is 714 g/mol. The summed E-state index contributed by atoms with van der Waals surface area (Å²) in [6.07, 6.45) is -2.48. The molecule has 0 saturated carbocycles. The van der Waals surface area contributed by atoms with Gasteiger partial charge in [-0.3, -0.25) is 24.8 Å². The highest BCUT2D eigenvalue weighted by Gasteiger charge is 2.50. The average molecular weight is 754 g/mol. The summed E-state index contributed by atoms with van der Waals surface area (Å²) in [5.41, 5.74) is 1.69. The van der Waals surface area contributed by atoms with Crippen LogP contribution in [0.15, 0.2) is 54.9 Å². The summed E-state index contributed by atoms with van der Waals surface area (Å²) in [7, 11) is 2.90. The standard InChI is InChI=1S/C34H39N7O13/c1-38(33(44)52-16-12-22-5-9-24(10-6-22)41(47)48)32-36-29-26(30(37-32)51-15-11-21-3-7-23(8-4-21)40(45)46)35-20-39(29)31-28(27(43)25(19-42)53-31)54-34(49-2)13-17-50-18-14-34/h3-10,20,25,27-28,31,42-43H,11-19H2,1-2H3/t25-,27-,28-,31-/m1/s1. The van der Waals surface area contributed by atoms with Crippen LogP contribution in [0.4, 0.5) is 22.1 Å². The molecule has 4 aromatic rings. The number of ether oxygens (including phenoxy) is 6. The third-order valence-corrected chi connectivity index (χ3v) is 9.24. The summed E-state index contributed by atoms with van der Waals surface area (Å²) in [6.45, 7) is 0.232. The van der Waals surface area contributed by atoms with Crippen LogP contribution in [-0.4, -0.2) is 117 Å². The molecule has 6 rings (SSSR count). The lowest BCUT2D eigenvalue weighted by molar-refractivity contribution is -0.385. The van der Waals surface area contributed by atoms with Gasteiger partial charge >= 0.3 is 6.09 Å². The number of carbonyl (C=O) groups is 1. The fourth-order valence-electron chi connectivity index (χ4n) is 6.11. The highest BCUT2D eigenvalue weighted by atomic mass is 16.7. The second kappa shape index (κ2) is 16.7. The van der Waals surface area contributed by atoms with Gasteiger partial charge in [-0.1, -0.05) is 24.3 Å². The van der Waals surface area contributed by atoms with E-state index in [0.717, 1.165) is 10.5 Å². The maximum Gasteiger partial charge on any atom is 0.416 e. The number of methoxy groups -OCH3 is 1. The van der Waals surface area contributed by atoms with E-state index < -0.39 is 52.9 Å². The lowest BCUT2D eigenvalue weighted by atomic mass is 10.1. The van der Waals surface area contributed by atoms with Crippen molar-refractivity contribution in [3.8, 4) is 5.88 Å². The quantitative estimate of drug-likeness (QED) is 0.101. The predicted octanol–water partition coefficient (Wildman–Crippen LogP) is 2.87. The van der Waals surface area contributed by atoms with Crippen molar-refractivity contribution in [1.29, 1.82) is 0 Å². The third-order valence-electron chi connectivity index (χ3n) is 9.24. The zero-order valence-corrected chi connectivity index (χ0v) is 29.4. The Bertz CT molecular complexity index is 1940. The Morgan fingerprint density at radius 2 is 1.61 bits per heavy atom. The van der Waals surface area contributed by atoms with Gasteiger partial charge in [0, 0.05) is 64.1 Å². The lowest BCUT2D eigenvalue weighted by Crippen LogP contribution is -2.48. The molecule has 4 atom stereocenters. The SMILES string of the molecule is COC1(O[C@@H]2[C@H](O)[C@@H](CO)O[C@H]2n2cnc3c(OCCc4ccc([N+](=O)[O-])cc4)nc(N(C)C(=O)OCCc4ccc([N+](=O)[O-])cc4)nc32)CCOCC1. The number of fused-ring (bicyclic) bond motifs is 1. The van der Waals surface area contributed by atoms with E-state index in [1.54, 1.807) is 24.3 Å². The van der Waals surface area contributed by atoms with Crippen molar-refractivity contribution in [2.75, 3.05) is 52.1 Å². The van der Waals surface area contributed by atoms with Crippen LogP contribution in [0.2, 0.25) is 0 Å². The van der Waals surface area contributed by atoms with Gasteiger partial charge in [-0.05, 0) is 11.1 Å². The van der Waals surface area contributed by atoms with Gasteiger partial charge in [0.25, 0.3) is 11.4 Å². The summed E-state index contributed by atoms with van der Waals surface area (Å²) in [4.78, 5) is 48.9. The van der Waals surface area contributed by atoms with E-state index in [1.807, 2.05) is 0 Å². The maximum atomic E-state index is 13.2. The average Bonchev–Trinajstić information content (AvgIpc) is 3.75. The Labute approximate surface area is 307 Å². The van der Waals surface area contributed by atoms with Gasteiger partial charge in [0.1, 0.15) is 18.3 Å². The Kier molecular flexibility index (Phi) is 11.9. The fraction of sp³-hybridized carbons (Fsp3) is 0.471. The van der Waals surface area contributed by atoms with Crippen LogP contribution in [0.5, 0.6) is 5.88 Å². The molecule has 2 aliphatic rings. The number of aliphatic hydroxyl groups excluding tert-OH is 2. The van der Waals surface area contributed by atoms with Crippen molar-refractivity contribution in [3.05, 3.63) is 86.2 Å². The van der Waals surface area contributed by atoms with Gasteiger partial charge in [0.15, 0.2) is 23.2 Å². The minimum absolute atomic E-state index is 0.00583. The molecular formula is C34H39N7O13. The summed E-state index contributed by atoms with van der Waals surface area (Å²) in [5.74, 6) is -1.24. The Hall–Kier alpha value is -5.38. The molecule has 0 bridgehead atoms. The molecule has 2 saturated heterocycles. The van der Waals surface area contributed by atoms with Gasteiger partial charge in [0.05, 0.1) is 49.2 Å². The number of nitro groups is 2. The topological polar surface area (TPSA) is 246 Å².